The molecule has 0 bridgehead atoms. The summed E-state index contributed by atoms with van der Waals surface area (Å²) in [7, 11) is 1.74. The van der Waals surface area contributed by atoms with Crippen LogP contribution in [0.25, 0.3) is 5.69 Å². The van der Waals surface area contributed by atoms with Crippen LogP contribution in [0.4, 0.5) is 4.39 Å². The number of nitrogens with one attached hydrogen (secondary N) is 2. The standard InChI is InChI=1S/C21H24FN5/c1-16-12-19(22)9-8-18(16)10-11-24-21(23-2)25-13-17-14-26-27(15-17)20-6-4-3-5-7-20/h3-9,12,14-15H,10-11,13H2,1-2H3,(H2,23,24,25). The van der Waals surface area contributed by atoms with Gasteiger partial charge in [0.2, 0.25) is 0 Å². The lowest BCUT2D eigenvalue weighted by molar-refractivity contribution is 0.625. The Morgan fingerprint density at radius 3 is 2.70 bits per heavy atom. The van der Waals surface area contributed by atoms with Gasteiger partial charge in [0.15, 0.2) is 5.96 Å². The van der Waals surface area contributed by atoms with Gasteiger partial charge in [0.25, 0.3) is 0 Å². The van der Waals surface area contributed by atoms with Gasteiger partial charge in [0.05, 0.1) is 11.9 Å². The lowest BCUT2D eigenvalue weighted by atomic mass is 10.1. The molecular formula is C21H24FN5. The first kappa shape index (κ1) is 18.6. The van der Waals surface area contributed by atoms with Gasteiger partial charge in [-0.2, -0.15) is 5.10 Å². The number of aliphatic imine (C=N–C) groups is 1. The number of nitrogens with zero attached hydrogens (tertiary/aromatic N) is 3. The van der Waals surface area contributed by atoms with E-state index in [-0.39, 0.29) is 5.82 Å². The molecule has 0 radical (unpaired) electrons. The SMILES string of the molecule is CN=C(NCCc1ccc(F)cc1C)NCc1cnn(-c2ccccc2)c1. The number of hydrogen-bond acceptors (Lipinski definition) is 2. The zero-order chi connectivity index (χ0) is 19.1. The van der Waals surface area contributed by atoms with Gasteiger partial charge < -0.3 is 10.6 Å². The van der Waals surface area contributed by atoms with Crippen LogP contribution in [0.15, 0.2) is 65.9 Å². The summed E-state index contributed by atoms with van der Waals surface area (Å²) in [6.07, 6.45) is 4.64. The van der Waals surface area contributed by atoms with E-state index in [9.17, 15) is 4.39 Å². The molecule has 2 N–H and O–H groups in total. The van der Waals surface area contributed by atoms with Gasteiger partial charge in [0, 0.05) is 31.9 Å². The molecule has 0 atom stereocenters. The maximum atomic E-state index is 13.2. The fourth-order valence-electron chi connectivity index (χ4n) is 2.84. The summed E-state index contributed by atoms with van der Waals surface area (Å²) in [5.74, 6) is 0.528. The van der Waals surface area contributed by atoms with Crippen LogP contribution < -0.4 is 10.6 Å². The highest BCUT2D eigenvalue weighted by Gasteiger charge is 2.04. The third-order valence-corrected chi connectivity index (χ3v) is 4.33. The molecule has 1 aromatic heterocycles. The first-order valence-electron chi connectivity index (χ1n) is 8.94. The van der Waals surface area contributed by atoms with E-state index in [4.69, 9.17) is 0 Å². The van der Waals surface area contributed by atoms with Crippen LogP contribution in [0.3, 0.4) is 0 Å². The molecule has 3 rings (SSSR count). The molecule has 0 saturated carbocycles. The fraction of sp³-hybridized carbons (Fsp3) is 0.238. The van der Waals surface area contributed by atoms with Gasteiger partial charge in [-0.15, -0.1) is 0 Å². The number of benzene rings is 2. The van der Waals surface area contributed by atoms with Crippen molar-refractivity contribution in [3.8, 4) is 5.69 Å². The molecule has 0 fully saturated rings. The summed E-state index contributed by atoms with van der Waals surface area (Å²) in [6, 6.07) is 14.9. The number of aryl methyl sites for hydroxylation is 1. The highest BCUT2D eigenvalue weighted by Crippen LogP contribution is 2.10. The first-order chi connectivity index (χ1) is 13.2. The second-order valence-electron chi connectivity index (χ2n) is 6.30. The largest absolute Gasteiger partial charge is 0.356 e. The summed E-state index contributed by atoms with van der Waals surface area (Å²) < 4.78 is 15.0. The Kier molecular flexibility index (Phi) is 6.20. The van der Waals surface area contributed by atoms with Gasteiger partial charge in [-0.25, -0.2) is 9.07 Å². The molecule has 0 unspecified atom stereocenters. The van der Waals surface area contributed by atoms with E-state index in [2.05, 4.69) is 20.7 Å². The molecule has 140 valence electrons. The Morgan fingerprint density at radius 1 is 1.15 bits per heavy atom. The number of hydrogen-bond donors (Lipinski definition) is 2. The van der Waals surface area contributed by atoms with Crippen molar-refractivity contribution < 1.29 is 4.39 Å². The molecule has 0 spiro atoms. The van der Waals surface area contributed by atoms with E-state index in [1.807, 2.05) is 60.4 Å². The average molecular weight is 365 g/mol. The van der Waals surface area contributed by atoms with Crippen LogP contribution >= 0.6 is 0 Å². The summed E-state index contributed by atoms with van der Waals surface area (Å²) in [6.45, 7) is 3.27. The molecule has 3 aromatic rings. The second-order valence-corrected chi connectivity index (χ2v) is 6.30. The minimum Gasteiger partial charge on any atom is -0.356 e. The van der Waals surface area contributed by atoms with E-state index >= 15 is 0 Å². The molecule has 0 aliphatic heterocycles. The van der Waals surface area contributed by atoms with Crippen molar-refractivity contribution in [2.45, 2.75) is 19.9 Å². The Morgan fingerprint density at radius 2 is 1.96 bits per heavy atom. The van der Waals surface area contributed by atoms with Crippen LogP contribution in [-0.4, -0.2) is 29.3 Å². The first-order valence-corrected chi connectivity index (χ1v) is 8.94. The lowest BCUT2D eigenvalue weighted by Gasteiger charge is -2.12. The van der Waals surface area contributed by atoms with E-state index in [0.29, 0.717) is 6.54 Å². The second kappa shape index (κ2) is 8.98. The maximum absolute atomic E-state index is 13.2. The van der Waals surface area contributed by atoms with E-state index in [0.717, 1.165) is 41.3 Å². The minimum absolute atomic E-state index is 0.197. The van der Waals surface area contributed by atoms with Crippen molar-refractivity contribution in [1.82, 2.24) is 20.4 Å². The predicted octanol–water partition coefficient (Wildman–Crippen LogP) is 3.23. The summed E-state index contributed by atoms with van der Waals surface area (Å²) >= 11 is 0. The molecule has 0 amide bonds. The highest BCUT2D eigenvalue weighted by molar-refractivity contribution is 5.79. The Hall–Kier alpha value is -3.15. The summed E-state index contributed by atoms with van der Waals surface area (Å²) in [5.41, 5.74) is 4.19. The topological polar surface area (TPSA) is 54.2 Å². The Balaban J connectivity index is 1.49. The van der Waals surface area contributed by atoms with Crippen LogP contribution in [0.2, 0.25) is 0 Å². The van der Waals surface area contributed by atoms with Crippen molar-refractivity contribution in [2.75, 3.05) is 13.6 Å². The molecule has 5 nitrogen and oxygen atoms in total. The van der Waals surface area contributed by atoms with Gasteiger partial charge in [-0.05, 0) is 48.7 Å². The monoisotopic (exact) mass is 365 g/mol. The fourth-order valence-corrected chi connectivity index (χ4v) is 2.84. The minimum atomic E-state index is -0.197. The molecule has 27 heavy (non-hydrogen) atoms. The van der Waals surface area contributed by atoms with E-state index in [1.165, 1.54) is 6.07 Å². The smallest absolute Gasteiger partial charge is 0.191 e. The van der Waals surface area contributed by atoms with Crippen molar-refractivity contribution in [2.24, 2.45) is 4.99 Å². The molecule has 0 aliphatic rings. The van der Waals surface area contributed by atoms with Crippen molar-refractivity contribution in [3.05, 3.63) is 83.4 Å². The van der Waals surface area contributed by atoms with Gasteiger partial charge in [-0.1, -0.05) is 24.3 Å². The number of aromatic nitrogens is 2. The molecule has 6 heteroatoms. The van der Waals surface area contributed by atoms with Crippen molar-refractivity contribution >= 4 is 5.96 Å². The van der Waals surface area contributed by atoms with Crippen LogP contribution in [0, 0.1) is 12.7 Å². The normalized spacial score (nSPS) is 11.4. The summed E-state index contributed by atoms with van der Waals surface area (Å²) in [4.78, 5) is 4.24. The molecule has 0 saturated heterocycles. The lowest BCUT2D eigenvalue weighted by Crippen LogP contribution is -2.37. The van der Waals surface area contributed by atoms with Crippen LogP contribution in [-0.2, 0) is 13.0 Å². The van der Waals surface area contributed by atoms with E-state index < -0.39 is 0 Å². The Labute approximate surface area is 159 Å². The van der Waals surface area contributed by atoms with E-state index in [1.54, 1.807) is 13.1 Å². The molecule has 0 aliphatic carbocycles. The quantitative estimate of drug-likeness (QED) is 0.521. The van der Waals surface area contributed by atoms with Crippen molar-refractivity contribution in [1.29, 1.82) is 0 Å². The molecule has 1 heterocycles. The van der Waals surface area contributed by atoms with Gasteiger partial charge >= 0.3 is 0 Å². The third-order valence-electron chi connectivity index (χ3n) is 4.33. The number of para-hydroxylation sites is 1. The maximum Gasteiger partial charge on any atom is 0.191 e. The summed E-state index contributed by atoms with van der Waals surface area (Å²) in [5, 5.41) is 11.0. The predicted molar refractivity (Wildman–Crippen MR) is 107 cm³/mol. The van der Waals surface area contributed by atoms with Gasteiger partial charge in [-0.3, -0.25) is 4.99 Å². The highest BCUT2D eigenvalue weighted by atomic mass is 19.1. The number of rotatable bonds is 6. The zero-order valence-electron chi connectivity index (χ0n) is 15.6. The zero-order valence-corrected chi connectivity index (χ0v) is 15.6. The molecule has 2 aromatic carbocycles. The number of halogens is 1. The number of guanidine groups is 1. The van der Waals surface area contributed by atoms with Gasteiger partial charge in [0.1, 0.15) is 5.82 Å². The average Bonchev–Trinajstić information content (AvgIpc) is 3.16. The van der Waals surface area contributed by atoms with Crippen LogP contribution in [0.5, 0.6) is 0 Å². The Bertz CT molecular complexity index is 902. The van der Waals surface area contributed by atoms with Crippen molar-refractivity contribution in [3.63, 3.8) is 0 Å². The third kappa shape index (κ3) is 5.17. The van der Waals surface area contributed by atoms with Crippen LogP contribution in [0.1, 0.15) is 16.7 Å². The molecular weight excluding hydrogens is 341 g/mol.